The SMILES string of the molecule is CC[C@@H]1CSC2=N[C@@H](c3ccccn3)[C@H](c3cccn3C(C)C)N21. The molecule has 4 heterocycles. The van der Waals surface area contributed by atoms with Gasteiger partial charge in [-0.3, -0.25) is 9.98 Å². The summed E-state index contributed by atoms with van der Waals surface area (Å²) in [5.74, 6) is 1.14. The lowest BCUT2D eigenvalue weighted by molar-refractivity contribution is 0.243. The average Bonchev–Trinajstić information content (AvgIpc) is 3.29. The summed E-state index contributed by atoms with van der Waals surface area (Å²) in [6.45, 7) is 6.76. The molecule has 0 saturated carbocycles. The molecule has 1 saturated heterocycles. The minimum atomic E-state index is 0.0791. The summed E-state index contributed by atoms with van der Waals surface area (Å²) in [4.78, 5) is 12.3. The lowest BCUT2D eigenvalue weighted by Crippen LogP contribution is -2.36. The highest BCUT2D eigenvalue weighted by atomic mass is 32.2. The van der Waals surface area contributed by atoms with Crippen molar-refractivity contribution in [3.8, 4) is 0 Å². The standard InChI is InChI=1S/C19H24N4S/c1-4-14-12-24-19-21-17(15-8-5-6-10-20-15)18(23(14)19)16-9-7-11-22(16)13(2)3/h5-11,13-14,17-18H,4,12H2,1-3H3/t14-,17+,18+/m1/s1. The van der Waals surface area contributed by atoms with Gasteiger partial charge < -0.3 is 9.47 Å². The summed E-state index contributed by atoms with van der Waals surface area (Å²) in [5.41, 5.74) is 2.41. The zero-order chi connectivity index (χ0) is 16.7. The van der Waals surface area contributed by atoms with Gasteiger partial charge in [0.25, 0.3) is 0 Å². The Labute approximate surface area is 148 Å². The summed E-state index contributed by atoms with van der Waals surface area (Å²) in [5, 5.41) is 1.19. The molecule has 2 aliphatic heterocycles. The Bertz CT molecular complexity index is 737. The van der Waals surface area contributed by atoms with E-state index in [4.69, 9.17) is 4.99 Å². The predicted octanol–water partition coefficient (Wildman–Crippen LogP) is 4.44. The van der Waals surface area contributed by atoms with E-state index in [1.165, 1.54) is 10.9 Å². The largest absolute Gasteiger partial charge is 0.347 e. The molecule has 3 atom stereocenters. The molecule has 0 amide bonds. The molecular weight excluding hydrogens is 316 g/mol. The summed E-state index contributed by atoms with van der Waals surface area (Å²) in [6.07, 6.45) is 5.22. The number of fused-ring (bicyclic) bond motifs is 1. The van der Waals surface area contributed by atoms with Gasteiger partial charge in [0.15, 0.2) is 5.17 Å². The van der Waals surface area contributed by atoms with E-state index in [-0.39, 0.29) is 12.1 Å². The molecule has 0 aliphatic carbocycles. The zero-order valence-corrected chi connectivity index (χ0v) is 15.3. The summed E-state index contributed by atoms with van der Waals surface area (Å²) >= 11 is 1.90. The van der Waals surface area contributed by atoms with Gasteiger partial charge in [-0.2, -0.15) is 0 Å². The van der Waals surface area contributed by atoms with Gasteiger partial charge in [0.05, 0.1) is 11.7 Å². The zero-order valence-electron chi connectivity index (χ0n) is 14.5. The van der Waals surface area contributed by atoms with Crippen molar-refractivity contribution in [3.05, 3.63) is 54.1 Å². The van der Waals surface area contributed by atoms with Crippen LogP contribution in [0, 0.1) is 0 Å². The minimum absolute atomic E-state index is 0.0791. The first-order chi connectivity index (χ1) is 11.7. The lowest BCUT2D eigenvalue weighted by Gasteiger charge is -2.33. The van der Waals surface area contributed by atoms with Crippen LogP contribution in [0.1, 0.15) is 56.7 Å². The smallest absolute Gasteiger partial charge is 0.160 e. The quantitative estimate of drug-likeness (QED) is 0.825. The highest BCUT2D eigenvalue weighted by Gasteiger charge is 2.46. The molecule has 2 aliphatic rings. The number of aromatic nitrogens is 2. The van der Waals surface area contributed by atoms with Crippen molar-refractivity contribution >= 4 is 16.9 Å². The first kappa shape index (κ1) is 15.8. The van der Waals surface area contributed by atoms with E-state index in [0.717, 1.165) is 17.9 Å². The van der Waals surface area contributed by atoms with E-state index in [2.05, 4.69) is 65.7 Å². The first-order valence-corrected chi connectivity index (χ1v) is 9.76. The number of rotatable bonds is 4. The molecule has 126 valence electrons. The van der Waals surface area contributed by atoms with Crippen molar-refractivity contribution in [2.75, 3.05) is 5.75 Å². The van der Waals surface area contributed by atoms with Crippen LogP contribution in [0.4, 0.5) is 0 Å². The number of thioether (sulfide) groups is 1. The number of hydrogen-bond acceptors (Lipinski definition) is 4. The fourth-order valence-corrected chi connectivity index (χ4v) is 5.14. The fourth-order valence-electron chi connectivity index (χ4n) is 3.80. The Morgan fingerprint density at radius 1 is 1.25 bits per heavy atom. The first-order valence-electron chi connectivity index (χ1n) is 8.77. The summed E-state index contributed by atoms with van der Waals surface area (Å²) in [7, 11) is 0. The molecule has 2 aromatic heterocycles. The van der Waals surface area contributed by atoms with Gasteiger partial charge >= 0.3 is 0 Å². The number of hydrogen-bond donors (Lipinski definition) is 0. The maximum atomic E-state index is 5.09. The Morgan fingerprint density at radius 2 is 2.12 bits per heavy atom. The Kier molecular flexibility index (Phi) is 4.12. The summed E-state index contributed by atoms with van der Waals surface area (Å²) < 4.78 is 2.38. The molecule has 0 N–H and O–H groups in total. The predicted molar refractivity (Wildman–Crippen MR) is 100 cm³/mol. The number of nitrogens with zero attached hydrogens (tertiary/aromatic N) is 4. The van der Waals surface area contributed by atoms with Crippen molar-refractivity contribution in [2.24, 2.45) is 4.99 Å². The van der Waals surface area contributed by atoms with Gasteiger partial charge in [-0.05, 0) is 44.5 Å². The number of pyridine rings is 1. The van der Waals surface area contributed by atoms with E-state index in [0.29, 0.717) is 12.1 Å². The van der Waals surface area contributed by atoms with Crippen molar-refractivity contribution in [1.82, 2.24) is 14.5 Å². The van der Waals surface area contributed by atoms with Gasteiger partial charge in [0.1, 0.15) is 6.04 Å². The topological polar surface area (TPSA) is 33.4 Å². The second-order valence-corrected chi connectivity index (χ2v) is 7.76. The average molecular weight is 340 g/mol. The minimum Gasteiger partial charge on any atom is -0.347 e. The third kappa shape index (κ3) is 2.46. The fraction of sp³-hybridized carbons (Fsp3) is 0.474. The molecule has 5 heteroatoms. The van der Waals surface area contributed by atoms with Gasteiger partial charge in [0.2, 0.25) is 0 Å². The molecule has 4 rings (SSSR count). The highest BCUT2D eigenvalue weighted by molar-refractivity contribution is 8.14. The molecule has 2 aromatic rings. The third-order valence-electron chi connectivity index (χ3n) is 5.00. The second kappa shape index (κ2) is 6.28. The van der Waals surface area contributed by atoms with Crippen LogP contribution in [-0.4, -0.2) is 31.4 Å². The van der Waals surface area contributed by atoms with E-state index >= 15 is 0 Å². The van der Waals surface area contributed by atoms with Crippen LogP contribution in [-0.2, 0) is 0 Å². The maximum absolute atomic E-state index is 5.09. The van der Waals surface area contributed by atoms with Gasteiger partial charge in [-0.15, -0.1) is 0 Å². The lowest BCUT2D eigenvalue weighted by atomic mass is 9.99. The molecule has 24 heavy (non-hydrogen) atoms. The van der Waals surface area contributed by atoms with Crippen LogP contribution in [0.15, 0.2) is 47.7 Å². The van der Waals surface area contributed by atoms with Crippen LogP contribution in [0.5, 0.6) is 0 Å². The summed E-state index contributed by atoms with van der Waals surface area (Å²) in [6, 6.07) is 11.9. The molecular formula is C19H24N4S. The molecule has 0 spiro atoms. The van der Waals surface area contributed by atoms with Crippen LogP contribution in [0.25, 0.3) is 0 Å². The Morgan fingerprint density at radius 3 is 2.83 bits per heavy atom. The normalized spacial score (nSPS) is 26.1. The van der Waals surface area contributed by atoms with Crippen molar-refractivity contribution < 1.29 is 0 Å². The van der Waals surface area contributed by atoms with Crippen LogP contribution in [0.3, 0.4) is 0 Å². The molecule has 4 nitrogen and oxygen atoms in total. The molecule has 0 aromatic carbocycles. The maximum Gasteiger partial charge on any atom is 0.160 e. The Balaban J connectivity index is 1.81. The second-order valence-electron chi connectivity index (χ2n) is 6.77. The van der Waals surface area contributed by atoms with E-state index in [1.54, 1.807) is 0 Å². The number of aliphatic imine (C=N–C) groups is 1. The van der Waals surface area contributed by atoms with Gasteiger partial charge in [-0.1, -0.05) is 24.8 Å². The van der Waals surface area contributed by atoms with Crippen LogP contribution < -0.4 is 0 Å². The van der Waals surface area contributed by atoms with Crippen LogP contribution in [0.2, 0.25) is 0 Å². The van der Waals surface area contributed by atoms with Gasteiger partial charge in [0, 0.05) is 35.9 Å². The Hall–Kier alpha value is -1.75. The molecule has 0 bridgehead atoms. The van der Waals surface area contributed by atoms with Gasteiger partial charge in [-0.25, -0.2) is 0 Å². The molecule has 0 radical (unpaired) electrons. The van der Waals surface area contributed by atoms with E-state index in [9.17, 15) is 0 Å². The monoisotopic (exact) mass is 340 g/mol. The van der Waals surface area contributed by atoms with Crippen LogP contribution >= 0.6 is 11.8 Å². The molecule has 1 fully saturated rings. The molecule has 0 unspecified atom stereocenters. The van der Waals surface area contributed by atoms with Crippen molar-refractivity contribution in [2.45, 2.75) is 51.4 Å². The van der Waals surface area contributed by atoms with Crippen molar-refractivity contribution in [1.29, 1.82) is 0 Å². The van der Waals surface area contributed by atoms with E-state index in [1.807, 2.05) is 24.0 Å². The highest BCUT2D eigenvalue weighted by Crippen LogP contribution is 2.48. The van der Waals surface area contributed by atoms with Crippen molar-refractivity contribution in [3.63, 3.8) is 0 Å². The third-order valence-corrected chi connectivity index (χ3v) is 6.13. The van der Waals surface area contributed by atoms with E-state index < -0.39 is 0 Å². The number of amidine groups is 1.